The molecule has 5 atom stereocenters. The highest BCUT2D eigenvalue weighted by Gasteiger charge is 2.51. The molecule has 0 radical (unpaired) electrons. The summed E-state index contributed by atoms with van der Waals surface area (Å²) >= 11 is 0. The summed E-state index contributed by atoms with van der Waals surface area (Å²) in [4.78, 5) is 1.99. The molecular weight excluding hydrogens is 234 g/mol. The van der Waals surface area contributed by atoms with Crippen molar-refractivity contribution in [1.29, 1.82) is 0 Å². The fraction of sp³-hybridized carbons (Fsp3) is 0.750. The average molecular weight is 253 g/mol. The topological polar surface area (TPSA) is 59.8 Å². The van der Waals surface area contributed by atoms with Crippen LogP contribution in [-0.2, 0) is 9.47 Å². The first kappa shape index (κ1) is 12.1. The molecule has 0 saturated carbocycles. The van der Waals surface area contributed by atoms with Crippen molar-refractivity contribution in [2.75, 3.05) is 20.7 Å². The van der Waals surface area contributed by atoms with Crippen molar-refractivity contribution in [3.8, 4) is 0 Å². The van der Waals surface area contributed by atoms with E-state index in [0.717, 1.165) is 5.56 Å². The summed E-state index contributed by atoms with van der Waals surface area (Å²) in [6, 6.07) is -0.358. The van der Waals surface area contributed by atoms with Crippen LogP contribution in [0.4, 0.5) is 0 Å². The van der Waals surface area contributed by atoms with E-state index < -0.39 is 12.4 Å². The number of nitrogens with zero attached hydrogens (tertiary/aromatic N) is 3. The van der Waals surface area contributed by atoms with Crippen LogP contribution in [0.25, 0.3) is 0 Å². The monoisotopic (exact) mass is 253 g/mol. The minimum absolute atomic E-state index is 0.0621. The second-order valence-electron chi connectivity index (χ2n) is 5.31. The van der Waals surface area contributed by atoms with Crippen LogP contribution in [0.15, 0.2) is 12.4 Å². The van der Waals surface area contributed by atoms with Crippen LogP contribution in [0.2, 0.25) is 0 Å². The predicted molar refractivity (Wildman–Crippen MR) is 64.1 cm³/mol. The molecule has 0 spiro atoms. The molecule has 0 aliphatic carbocycles. The van der Waals surface area contributed by atoms with Gasteiger partial charge in [0.25, 0.3) is 0 Å². The fourth-order valence-electron chi connectivity index (χ4n) is 2.90. The van der Waals surface area contributed by atoms with E-state index >= 15 is 0 Å². The van der Waals surface area contributed by atoms with Crippen LogP contribution >= 0.6 is 0 Å². The van der Waals surface area contributed by atoms with E-state index in [1.807, 2.05) is 32.1 Å². The van der Waals surface area contributed by atoms with Gasteiger partial charge in [-0.2, -0.15) is 5.10 Å². The molecule has 18 heavy (non-hydrogen) atoms. The van der Waals surface area contributed by atoms with Gasteiger partial charge in [-0.1, -0.05) is 0 Å². The maximum atomic E-state index is 10.6. The minimum atomic E-state index is -0.550. The molecule has 1 aromatic heterocycles. The van der Waals surface area contributed by atoms with Gasteiger partial charge in [0.2, 0.25) is 0 Å². The highest BCUT2D eigenvalue weighted by atomic mass is 16.7. The van der Waals surface area contributed by atoms with Crippen molar-refractivity contribution in [2.45, 2.75) is 37.5 Å². The van der Waals surface area contributed by atoms with Crippen LogP contribution in [-0.4, -0.2) is 65.0 Å². The van der Waals surface area contributed by atoms with Crippen LogP contribution in [0.1, 0.15) is 11.6 Å². The standard InChI is InChI=1S/C12H19N3O3/c1-7-4-13-15(5-7)10-11(16)9(14(2)3)8-6-17-12(10)18-8/h4-5,8-12,16H,6H2,1-3H3/t8-,9-,10-,11+,12-/m1/s1. The number of aliphatic hydroxyl groups excluding tert-OH is 1. The smallest absolute Gasteiger partial charge is 0.183 e. The summed E-state index contributed by atoms with van der Waals surface area (Å²) < 4.78 is 13.2. The van der Waals surface area contributed by atoms with Crippen LogP contribution in [0, 0.1) is 6.92 Å². The number of aryl methyl sites for hydroxylation is 1. The zero-order chi connectivity index (χ0) is 12.9. The Morgan fingerprint density at radius 3 is 2.89 bits per heavy atom. The van der Waals surface area contributed by atoms with E-state index in [4.69, 9.17) is 9.47 Å². The number of likely N-dealkylation sites (N-methyl/N-ethyl adjacent to an activating group) is 1. The van der Waals surface area contributed by atoms with Crippen molar-refractivity contribution in [3.63, 3.8) is 0 Å². The van der Waals surface area contributed by atoms with Gasteiger partial charge in [-0.05, 0) is 26.6 Å². The van der Waals surface area contributed by atoms with Crippen LogP contribution in [0.5, 0.6) is 0 Å². The lowest BCUT2D eigenvalue weighted by Gasteiger charge is -2.41. The largest absolute Gasteiger partial charge is 0.389 e. The second kappa shape index (κ2) is 4.31. The van der Waals surface area contributed by atoms with Crippen molar-refractivity contribution < 1.29 is 14.6 Å². The average Bonchev–Trinajstić information content (AvgIpc) is 2.87. The Balaban J connectivity index is 1.93. The molecule has 2 saturated heterocycles. The summed E-state index contributed by atoms with van der Waals surface area (Å²) in [6.07, 6.45) is 2.67. The molecule has 2 aliphatic heterocycles. The molecule has 0 aromatic carbocycles. The summed E-state index contributed by atoms with van der Waals surface area (Å²) in [7, 11) is 3.89. The van der Waals surface area contributed by atoms with Crippen molar-refractivity contribution in [2.24, 2.45) is 0 Å². The number of aliphatic hydroxyl groups is 1. The molecule has 1 N–H and O–H groups in total. The number of hydrogen-bond acceptors (Lipinski definition) is 5. The molecule has 6 nitrogen and oxygen atoms in total. The van der Waals surface area contributed by atoms with E-state index in [0.29, 0.717) is 6.61 Å². The van der Waals surface area contributed by atoms with Gasteiger partial charge in [0.05, 0.1) is 24.9 Å². The SMILES string of the molecule is Cc1cnn([C@H]2[C@@H]3OC[C@@H](O3)[C@@H](N(C)C)[C@@H]2O)c1. The maximum Gasteiger partial charge on any atom is 0.183 e. The molecule has 1 aromatic rings. The second-order valence-corrected chi connectivity index (χ2v) is 5.31. The first-order valence-electron chi connectivity index (χ1n) is 6.20. The molecule has 6 heteroatoms. The number of rotatable bonds is 2. The maximum absolute atomic E-state index is 10.6. The van der Waals surface area contributed by atoms with Gasteiger partial charge in [-0.3, -0.25) is 4.68 Å². The summed E-state index contributed by atoms with van der Waals surface area (Å²) in [6.45, 7) is 2.50. The highest BCUT2D eigenvalue weighted by Crippen LogP contribution is 2.36. The lowest BCUT2D eigenvalue weighted by atomic mass is 9.95. The Bertz CT molecular complexity index is 434. The van der Waals surface area contributed by atoms with E-state index in [1.54, 1.807) is 10.9 Å². The lowest BCUT2D eigenvalue weighted by molar-refractivity contribution is -0.181. The number of hydrogen-bond donors (Lipinski definition) is 1. The normalized spacial score (nSPS) is 39.5. The van der Waals surface area contributed by atoms with Crippen LogP contribution < -0.4 is 0 Å². The quantitative estimate of drug-likeness (QED) is 0.789. The molecule has 2 aliphatic rings. The highest BCUT2D eigenvalue weighted by molar-refractivity contribution is 5.05. The van der Waals surface area contributed by atoms with Gasteiger partial charge in [0, 0.05) is 6.20 Å². The molecule has 3 rings (SSSR count). The number of ether oxygens (including phenoxy) is 2. The van der Waals surface area contributed by atoms with E-state index in [-0.39, 0.29) is 18.2 Å². The summed E-state index contributed by atoms with van der Waals surface area (Å²) in [5, 5.41) is 14.9. The number of aromatic nitrogens is 2. The van der Waals surface area contributed by atoms with Gasteiger partial charge in [-0.25, -0.2) is 0 Å². The third-order valence-corrected chi connectivity index (χ3v) is 3.73. The summed E-state index contributed by atoms with van der Waals surface area (Å²) in [5.41, 5.74) is 1.06. The molecule has 2 bridgehead atoms. The summed E-state index contributed by atoms with van der Waals surface area (Å²) in [5.74, 6) is 0. The minimum Gasteiger partial charge on any atom is -0.389 e. The molecule has 3 heterocycles. The van der Waals surface area contributed by atoms with Crippen molar-refractivity contribution in [3.05, 3.63) is 18.0 Å². The van der Waals surface area contributed by atoms with E-state index in [2.05, 4.69) is 5.10 Å². The third-order valence-electron chi connectivity index (χ3n) is 3.73. The Morgan fingerprint density at radius 2 is 2.28 bits per heavy atom. The Kier molecular flexibility index (Phi) is 2.90. The van der Waals surface area contributed by atoms with E-state index in [9.17, 15) is 5.11 Å². The Labute approximate surface area is 106 Å². The van der Waals surface area contributed by atoms with Gasteiger partial charge in [0.1, 0.15) is 12.1 Å². The molecule has 100 valence electrons. The Hall–Kier alpha value is -0.950. The molecule has 2 fully saturated rings. The van der Waals surface area contributed by atoms with E-state index in [1.165, 1.54) is 0 Å². The van der Waals surface area contributed by atoms with Crippen molar-refractivity contribution >= 4 is 0 Å². The zero-order valence-electron chi connectivity index (χ0n) is 10.9. The molecule has 0 amide bonds. The number of fused-ring (bicyclic) bond motifs is 2. The first-order valence-corrected chi connectivity index (χ1v) is 6.20. The lowest BCUT2D eigenvalue weighted by Crippen LogP contribution is -2.57. The molecule has 0 unspecified atom stereocenters. The molecular formula is C12H19N3O3. The van der Waals surface area contributed by atoms with Gasteiger partial charge >= 0.3 is 0 Å². The van der Waals surface area contributed by atoms with Crippen molar-refractivity contribution in [1.82, 2.24) is 14.7 Å². The first-order chi connectivity index (χ1) is 8.58. The van der Waals surface area contributed by atoms with Crippen LogP contribution in [0.3, 0.4) is 0 Å². The van der Waals surface area contributed by atoms with Gasteiger partial charge in [0.15, 0.2) is 6.29 Å². The van der Waals surface area contributed by atoms with Gasteiger partial charge in [-0.15, -0.1) is 0 Å². The zero-order valence-corrected chi connectivity index (χ0v) is 10.9. The predicted octanol–water partition coefficient (Wildman–Crippen LogP) is -0.221. The van der Waals surface area contributed by atoms with Gasteiger partial charge < -0.3 is 19.5 Å². The third kappa shape index (κ3) is 1.76. The fourth-order valence-corrected chi connectivity index (χ4v) is 2.90. The Morgan fingerprint density at radius 1 is 1.50 bits per heavy atom.